The van der Waals surface area contributed by atoms with Crippen molar-refractivity contribution in [1.29, 1.82) is 0 Å². The predicted molar refractivity (Wildman–Crippen MR) is 97.1 cm³/mol. The average Bonchev–Trinajstić information content (AvgIpc) is 2.60. The summed E-state index contributed by atoms with van der Waals surface area (Å²) in [6.45, 7) is 6.49. The molecule has 25 heavy (non-hydrogen) atoms. The van der Waals surface area contributed by atoms with Crippen molar-refractivity contribution in [3.8, 4) is 5.75 Å². The molecule has 1 heterocycles. The van der Waals surface area contributed by atoms with Crippen LogP contribution < -0.4 is 15.4 Å². The lowest BCUT2D eigenvalue weighted by atomic mass is 10.2. The fourth-order valence-corrected chi connectivity index (χ4v) is 2.18. The van der Waals surface area contributed by atoms with Gasteiger partial charge < -0.3 is 15.4 Å². The molecule has 0 unspecified atom stereocenters. The highest BCUT2D eigenvalue weighted by molar-refractivity contribution is 6.04. The molecular formula is C19H23N3O3. The number of amides is 2. The third-order valence-electron chi connectivity index (χ3n) is 3.49. The first kappa shape index (κ1) is 18.4. The molecule has 0 spiro atoms. The monoisotopic (exact) mass is 341 g/mol. The van der Waals surface area contributed by atoms with Crippen molar-refractivity contribution in [2.75, 3.05) is 19.0 Å². The quantitative estimate of drug-likeness (QED) is 0.846. The minimum Gasteiger partial charge on any atom is -0.495 e. The Hall–Kier alpha value is -2.89. The van der Waals surface area contributed by atoms with E-state index in [9.17, 15) is 9.59 Å². The number of pyridine rings is 1. The second kappa shape index (κ2) is 8.28. The SMILES string of the molecule is COc1ccc(C)cc1NC(=O)c1cccc(C(=O)NCC(C)C)n1. The van der Waals surface area contributed by atoms with Gasteiger partial charge in [0.2, 0.25) is 0 Å². The van der Waals surface area contributed by atoms with Crippen LogP contribution in [-0.2, 0) is 0 Å². The van der Waals surface area contributed by atoms with Gasteiger partial charge in [0.25, 0.3) is 11.8 Å². The lowest BCUT2D eigenvalue weighted by Gasteiger charge is -2.11. The molecule has 2 N–H and O–H groups in total. The summed E-state index contributed by atoms with van der Waals surface area (Å²) in [5.41, 5.74) is 1.93. The number of methoxy groups -OCH3 is 1. The van der Waals surface area contributed by atoms with Crippen LogP contribution in [0.1, 0.15) is 40.4 Å². The number of benzene rings is 1. The van der Waals surface area contributed by atoms with Gasteiger partial charge in [-0.2, -0.15) is 0 Å². The molecule has 1 aromatic heterocycles. The molecule has 2 aromatic rings. The van der Waals surface area contributed by atoms with Crippen LogP contribution in [0.3, 0.4) is 0 Å². The van der Waals surface area contributed by atoms with Crippen molar-refractivity contribution in [2.24, 2.45) is 5.92 Å². The highest BCUT2D eigenvalue weighted by Crippen LogP contribution is 2.25. The largest absolute Gasteiger partial charge is 0.495 e. The molecule has 0 aliphatic heterocycles. The lowest BCUT2D eigenvalue weighted by Crippen LogP contribution is -2.28. The van der Waals surface area contributed by atoms with Crippen molar-refractivity contribution >= 4 is 17.5 Å². The van der Waals surface area contributed by atoms with Gasteiger partial charge in [0.1, 0.15) is 17.1 Å². The van der Waals surface area contributed by atoms with Gasteiger partial charge in [0.05, 0.1) is 12.8 Å². The Bertz CT molecular complexity index is 772. The minimum absolute atomic E-state index is 0.167. The normalized spacial score (nSPS) is 10.4. The highest BCUT2D eigenvalue weighted by Gasteiger charge is 2.14. The Kier molecular flexibility index (Phi) is 6.11. The zero-order valence-electron chi connectivity index (χ0n) is 14.9. The first-order valence-electron chi connectivity index (χ1n) is 8.12. The predicted octanol–water partition coefficient (Wildman–Crippen LogP) is 3.04. The van der Waals surface area contributed by atoms with Crippen LogP contribution in [-0.4, -0.2) is 30.5 Å². The molecule has 0 bridgehead atoms. The molecule has 0 fully saturated rings. The van der Waals surface area contributed by atoms with Gasteiger partial charge in [-0.1, -0.05) is 26.0 Å². The summed E-state index contributed by atoms with van der Waals surface area (Å²) < 4.78 is 5.25. The van der Waals surface area contributed by atoms with Crippen LogP contribution in [0.2, 0.25) is 0 Å². The van der Waals surface area contributed by atoms with E-state index < -0.39 is 5.91 Å². The van der Waals surface area contributed by atoms with E-state index in [0.717, 1.165) is 5.56 Å². The number of carbonyl (C=O) groups excluding carboxylic acids is 2. The molecule has 0 saturated carbocycles. The van der Waals surface area contributed by atoms with E-state index in [1.165, 1.54) is 7.11 Å². The van der Waals surface area contributed by atoms with Crippen LogP contribution >= 0.6 is 0 Å². The van der Waals surface area contributed by atoms with Crippen molar-refractivity contribution < 1.29 is 14.3 Å². The van der Waals surface area contributed by atoms with Crippen LogP contribution in [0.4, 0.5) is 5.69 Å². The van der Waals surface area contributed by atoms with Crippen LogP contribution in [0.25, 0.3) is 0 Å². The lowest BCUT2D eigenvalue weighted by molar-refractivity contribution is 0.0944. The maximum Gasteiger partial charge on any atom is 0.274 e. The number of hydrogen-bond donors (Lipinski definition) is 2. The zero-order valence-corrected chi connectivity index (χ0v) is 14.9. The van der Waals surface area contributed by atoms with Crippen LogP contribution in [0.15, 0.2) is 36.4 Å². The fraction of sp³-hybridized carbons (Fsp3) is 0.316. The maximum atomic E-state index is 12.5. The molecule has 0 saturated heterocycles. The third kappa shape index (κ3) is 5.04. The molecule has 0 aliphatic carbocycles. The molecule has 6 heteroatoms. The van der Waals surface area contributed by atoms with Gasteiger partial charge in [-0.3, -0.25) is 9.59 Å². The van der Waals surface area contributed by atoms with Gasteiger partial charge in [-0.05, 0) is 42.7 Å². The van der Waals surface area contributed by atoms with E-state index in [1.54, 1.807) is 24.3 Å². The van der Waals surface area contributed by atoms with Crippen molar-refractivity contribution in [3.63, 3.8) is 0 Å². The first-order chi connectivity index (χ1) is 11.9. The number of aryl methyl sites for hydroxylation is 1. The second-order valence-corrected chi connectivity index (χ2v) is 6.17. The Balaban J connectivity index is 2.16. The second-order valence-electron chi connectivity index (χ2n) is 6.17. The van der Waals surface area contributed by atoms with Gasteiger partial charge in [-0.15, -0.1) is 0 Å². The molecule has 0 aliphatic rings. The van der Waals surface area contributed by atoms with E-state index in [-0.39, 0.29) is 17.3 Å². The summed E-state index contributed by atoms with van der Waals surface area (Å²) in [7, 11) is 1.54. The Morgan fingerprint density at radius 3 is 2.44 bits per heavy atom. The standard InChI is InChI=1S/C19H23N3O3/c1-12(2)11-20-18(23)14-6-5-7-15(21-14)19(24)22-16-10-13(3)8-9-17(16)25-4/h5-10,12H,11H2,1-4H3,(H,20,23)(H,22,24). The highest BCUT2D eigenvalue weighted by atomic mass is 16.5. The summed E-state index contributed by atoms with van der Waals surface area (Å²) in [5.74, 6) is 0.202. The molecule has 2 rings (SSSR count). The van der Waals surface area contributed by atoms with Gasteiger partial charge in [-0.25, -0.2) is 4.98 Å². The first-order valence-corrected chi connectivity index (χ1v) is 8.12. The molecule has 6 nitrogen and oxygen atoms in total. The van der Waals surface area contributed by atoms with Crippen molar-refractivity contribution in [1.82, 2.24) is 10.3 Å². The van der Waals surface area contributed by atoms with E-state index in [2.05, 4.69) is 15.6 Å². The van der Waals surface area contributed by atoms with E-state index in [1.807, 2.05) is 32.9 Å². The molecule has 0 radical (unpaired) electrons. The summed E-state index contributed by atoms with van der Waals surface area (Å²) in [6.07, 6.45) is 0. The van der Waals surface area contributed by atoms with E-state index in [4.69, 9.17) is 4.74 Å². The number of nitrogens with zero attached hydrogens (tertiary/aromatic N) is 1. The fourth-order valence-electron chi connectivity index (χ4n) is 2.18. The van der Waals surface area contributed by atoms with Gasteiger partial charge >= 0.3 is 0 Å². The summed E-state index contributed by atoms with van der Waals surface area (Å²) in [5, 5.41) is 5.56. The van der Waals surface area contributed by atoms with Crippen LogP contribution in [0, 0.1) is 12.8 Å². The zero-order chi connectivity index (χ0) is 18.4. The molecular weight excluding hydrogens is 318 g/mol. The third-order valence-corrected chi connectivity index (χ3v) is 3.49. The number of nitrogens with one attached hydrogen (secondary N) is 2. The molecule has 2 amide bonds. The number of carbonyl (C=O) groups is 2. The number of anilines is 1. The van der Waals surface area contributed by atoms with Crippen molar-refractivity contribution in [3.05, 3.63) is 53.3 Å². The Morgan fingerprint density at radius 2 is 1.80 bits per heavy atom. The Labute approximate surface area is 147 Å². The number of hydrogen-bond acceptors (Lipinski definition) is 4. The van der Waals surface area contributed by atoms with E-state index >= 15 is 0 Å². The van der Waals surface area contributed by atoms with Crippen LogP contribution in [0.5, 0.6) is 5.75 Å². The summed E-state index contributed by atoms with van der Waals surface area (Å²) in [4.78, 5) is 28.7. The average molecular weight is 341 g/mol. The number of ether oxygens (including phenoxy) is 1. The topological polar surface area (TPSA) is 80.3 Å². The smallest absolute Gasteiger partial charge is 0.274 e. The summed E-state index contributed by atoms with van der Waals surface area (Å²) in [6, 6.07) is 10.3. The molecule has 0 atom stereocenters. The van der Waals surface area contributed by atoms with Gasteiger partial charge in [0, 0.05) is 6.54 Å². The van der Waals surface area contributed by atoms with Gasteiger partial charge in [0.15, 0.2) is 0 Å². The number of aromatic nitrogens is 1. The minimum atomic E-state index is -0.401. The summed E-state index contributed by atoms with van der Waals surface area (Å²) >= 11 is 0. The molecule has 1 aromatic carbocycles. The maximum absolute atomic E-state index is 12.5. The number of rotatable bonds is 6. The van der Waals surface area contributed by atoms with E-state index in [0.29, 0.717) is 23.9 Å². The Morgan fingerprint density at radius 1 is 1.12 bits per heavy atom. The molecule has 132 valence electrons. The van der Waals surface area contributed by atoms with Crippen molar-refractivity contribution in [2.45, 2.75) is 20.8 Å².